The highest BCUT2D eigenvalue weighted by Crippen LogP contribution is 2.36. The summed E-state index contributed by atoms with van der Waals surface area (Å²) in [5.41, 5.74) is 1.57. The molecule has 3 rings (SSSR count). The first kappa shape index (κ1) is 18.2. The standard InChI is InChI=1S/C20H29NO4/c1-24-19-11-10-18(16-8-5-9-17(23)20(16)19)25-13-15(22)12-21-14-6-3-2-4-7-14/h10-11,14-15,21-22H,2-9,12-13H2,1H3/t15-/m0/s1. The molecule has 1 fully saturated rings. The number of aliphatic hydroxyl groups is 1. The molecule has 0 saturated heterocycles. The minimum absolute atomic E-state index is 0.114. The molecule has 138 valence electrons. The van der Waals surface area contributed by atoms with Crippen LogP contribution in [-0.2, 0) is 6.42 Å². The molecular formula is C20H29NO4. The van der Waals surface area contributed by atoms with Crippen molar-refractivity contribution in [1.29, 1.82) is 0 Å². The summed E-state index contributed by atoms with van der Waals surface area (Å²) in [7, 11) is 1.58. The topological polar surface area (TPSA) is 67.8 Å². The van der Waals surface area contributed by atoms with Gasteiger partial charge in [0.15, 0.2) is 5.78 Å². The second-order valence-electron chi connectivity index (χ2n) is 7.10. The largest absolute Gasteiger partial charge is 0.496 e. The fourth-order valence-electron chi connectivity index (χ4n) is 3.87. The summed E-state index contributed by atoms with van der Waals surface area (Å²) in [4.78, 5) is 12.2. The molecule has 2 N–H and O–H groups in total. The summed E-state index contributed by atoms with van der Waals surface area (Å²) >= 11 is 0. The monoisotopic (exact) mass is 347 g/mol. The Morgan fingerprint density at radius 2 is 1.92 bits per heavy atom. The van der Waals surface area contributed by atoms with Gasteiger partial charge in [0, 0.05) is 24.6 Å². The molecule has 1 aromatic rings. The lowest BCUT2D eigenvalue weighted by Crippen LogP contribution is -2.39. The lowest BCUT2D eigenvalue weighted by atomic mass is 9.89. The van der Waals surface area contributed by atoms with Gasteiger partial charge in [-0.2, -0.15) is 0 Å². The first-order valence-electron chi connectivity index (χ1n) is 9.46. The molecule has 2 aliphatic rings. The second-order valence-corrected chi connectivity index (χ2v) is 7.10. The Labute approximate surface area is 149 Å². The third kappa shape index (κ3) is 4.53. The van der Waals surface area contributed by atoms with Crippen LogP contribution in [0.15, 0.2) is 12.1 Å². The van der Waals surface area contributed by atoms with E-state index in [9.17, 15) is 9.90 Å². The zero-order valence-electron chi connectivity index (χ0n) is 15.1. The van der Waals surface area contributed by atoms with E-state index in [-0.39, 0.29) is 12.4 Å². The number of rotatable bonds is 7. The number of carbonyl (C=O) groups excluding carboxylic acids is 1. The number of Topliss-reactive ketones (excluding diaryl/α,β-unsaturated/α-hetero) is 1. The van der Waals surface area contributed by atoms with Gasteiger partial charge in [-0.3, -0.25) is 4.79 Å². The van der Waals surface area contributed by atoms with Gasteiger partial charge in [-0.05, 0) is 37.8 Å². The van der Waals surface area contributed by atoms with E-state index in [0.717, 1.165) is 18.4 Å². The smallest absolute Gasteiger partial charge is 0.167 e. The molecule has 0 aromatic heterocycles. The van der Waals surface area contributed by atoms with Crippen LogP contribution in [0.3, 0.4) is 0 Å². The van der Waals surface area contributed by atoms with E-state index in [2.05, 4.69) is 5.32 Å². The van der Waals surface area contributed by atoms with Crippen molar-refractivity contribution in [3.63, 3.8) is 0 Å². The maximum atomic E-state index is 12.2. The van der Waals surface area contributed by atoms with Crippen molar-refractivity contribution in [2.45, 2.75) is 63.5 Å². The SMILES string of the molecule is COc1ccc(OC[C@@H](O)CNC2CCCCC2)c2c1C(=O)CCC2. The lowest BCUT2D eigenvalue weighted by molar-refractivity contribution is 0.0957. The Bertz CT molecular complexity index is 596. The van der Waals surface area contributed by atoms with Crippen molar-refractivity contribution in [1.82, 2.24) is 5.32 Å². The number of hydrogen-bond donors (Lipinski definition) is 2. The third-order valence-electron chi connectivity index (χ3n) is 5.24. The van der Waals surface area contributed by atoms with Crippen molar-refractivity contribution in [2.75, 3.05) is 20.3 Å². The van der Waals surface area contributed by atoms with E-state index < -0.39 is 6.10 Å². The van der Waals surface area contributed by atoms with Gasteiger partial charge in [0.2, 0.25) is 0 Å². The van der Waals surface area contributed by atoms with Gasteiger partial charge in [0.25, 0.3) is 0 Å². The zero-order valence-corrected chi connectivity index (χ0v) is 15.1. The predicted octanol–water partition coefficient (Wildman–Crippen LogP) is 2.88. The molecule has 1 atom stereocenters. The number of aliphatic hydroxyl groups excluding tert-OH is 1. The van der Waals surface area contributed by atoms with E-state index >= 15 is 0 Å². The van der Waals surface area contributed by atoms with Crippen LogP contribution in [0.2, 0.25) is 0 Å². The molecule has 25 heavy (non-hydrogen) atoms. The predicted molar refractivity (Wildman–Crippen MR) is 96.6 cm³/mol. The highest BCUT2D eigenvalue weighted by atomic mass is 16.5. The molecule has 0 aliphatic heterocycles. The molecule has 0 radical (unpaired) electrons. The van der Waals surface area contributed by atoms with Gasteiger partial charge in [-0.1, -0.05) is 19.3 Å². The molecule has 5 heteroatoms. The maximum absolute atomic E-state index is 12.2. The molecule has 5 nitrogen and oxygen atoms in total. The van der Waals surface area contributed by atoms with Crippen molar-refractivity contribution >= 4 is 5.78 Å². The minimum atomic E-state index is -0.557. The van der Waals surface area contributed by atoms with Gasteiger partial charge in [0.1, 0.15) is 24.2 Å². The fraction of sp³-hybridized carbons (Fsp3) is 0.650. The van der Waals surface area contributed by atoms with E-state index in [1.165, 1.54) is 32.1 Å². The van der Waals surface area contributed by atoms with Crippen LogP contribution < -0.4 is 14.8 Å². The van der Waals surface area contributed by atoms with Crippen molar-refractivity contribution in [3.8, 4) is 11.5 Å². The van der Waals surface area contributed by atoms with Gasteiger partial charge in [-0.15, -0.1) is 0 Å². The second kappa shape index (κ2) is 8.68. The normalized spacial score (nSPS) is 19.4. The molecule has 1 aromatic carbocycles. The Morgan fingerprint density at radius 1 is 1.16 bits per heavy atom. The van der Waals surface area contributed by atoms with E-state index in [0.29, 0.717) is 36.1 Å². The van der Waals surface area contributed by atoms with Gasteiger partial charge < -0.3 is 19.9 Å². The van der Waals surface area contributed by atoms with Crippen LogP contribution in [0.4, 0.5) is 0 Å². The van der Waals surface area contributed by atoms with Crippen LogP contribution in [0.5, 0.6) is 11.5 Å². The van der Waals surface area contributed by atoms with Gasteiger partial charge >= 0.3 is 0 Å². The first-order chi connectivity index (χ1) is 12.2. The number of benzene rings is 1. The van der Waals surface area contributed by atoms with E-state index in [4.69, 9.17) is 9.47 Å². The first-order valence-corrected chi connectivity index (χ1v) is 9.46. The highest BCUT2D eigenvalue weighted by molar-refractivity contribution is 6.01. The number of ketones is 1. The molecule has 0 unspecified atom stereocenters. The van der Waals surface area contributed by atoms with Crippen molar-refractivity contribution < 1.29 is 19.4 Å². The average Bonchev–Trinajstić information content (AvgIpc) is 2.65. The van der Waals surface area contributed by atoms with Crippen molar-refractivity contribution in [2.24, 2.45) is 0 Å². The number of methoxy groups -OCH3 is 1. The highest BCUT2D eigenvalue weighted by Gasteiger charge is 2.25. The van der Waals surface area contributed by atoms with Gasteiger partial charge in [0.05, 0.1) is 12.7 Å². The zero-order chi connectivity index (χ0) is 17.6. The molecule has 2 aliphatic carbocycles. The summed E-state index contributed by atoms with van der Waals surface area (Å²) in [5.74, 6) is 1.43. The molecule has 1 saturated carbocycles. The quantitative estimate of drug-likeness (QED) is 0.794. The van der Waals surface area contributed by atoms with Crippen LogP contribution in [0.25, 0.3) is 0 Å². The minimum Gasteiger partial charge on any atom is -0.496 e. The lowest BCUT2D eigenvalue weighted by Gasteiger charge is -2.25. The van der Waals surface area contributed by atoms with Crippen LogP contribution >= 0.6 is 0 Å². The summed E-state index contributed by atoms with van der Waals surface area (Å²) in [6.45, 7) is 0.772. The summed E-state index contributed by atoms with van der Waals surface area (Å²) < 4.78 is 11.2. The molecule has 0 spiro atoms. The summed E-state index contributed by atoms with van der Waals surface area (Å²) in [5, 5.41) is 13.7. The third-order valence-corrected chi connectivity index (χ3v) is 5.24. The van der Waals surface area contributed by atoms with Crippen LogP contribution in [0.1, 0.15) is 60.9 Å². The summed E-state index contributed by atoms with van der Waals surface area (Å²) in [6.07, 6.45) is 7.91. The Morgan fingerprint density at radius 3 is 2.68 bits per heavy atom. The Kier molecular flexibility index (Phi) is 6.32. The number of carbonyl (C=O) groups is 1. The molecular weight excluding hydrogens is 318 g/mol. The van der Waals surface area contributed by atoms with Crippen LogP contribution in [0, 0.1) is 0 Å². The van der Waals surface area contributed by atoms with Gasteiger partial charge in [-0.25, -0.2) is 0 Å². The Hall–Kier alpha value is -1.59. The number of hydrogen-bond acceptors (Lipinski definition) is 5. The van der Waals surface area contributed by atoms with E-state index in [1.807, 2.05) is 6.07 Å². The fourth-order valence-corrected chi connectivity index (χ4v) is 3.87. The van der Waals surface area contributed by atoms with E-state index in [1.54, 1.807) is 13.2 Å². The number of fused-ring (bicyclic) bond motifs is 1. The summed E-state index contributed by atoms with van der Waals surface area (Å²) in [6, 6.07) is 4.15. The Balaban J connectivity index is 1.57. The van der Waals surface area contributed by atoms with Crippen molar-refractivity contribution in [3.05, 3.63) is 23.3 Å². The van der Waals surface area contributed by atoms with Crippen LogP contribution in [-0.4, -0.2) is 43.3 Å². The molecule has 0 heterocycles. The number of ether oxygens (including phenoxy) is 2. The number of nitrogens with one attached hydrogen (secondary N) is 1. The average molecular weight is 347 g/mol. The maximum Gasteiger partial charge on any atom is 0.167 e. The molecule has 0 amide bonds. The molecule has 0 bridgehead atoms.